The molecule has 0 fully saturated rings. The minimum atomic E-state index is -0.0602. The summed E-state index contributed by atoms with van der Waals surface area (Å²) in [6, 6.07) is 0. The Labute approximate surface area is 59.2 Å². The molecule has 0 saturated carbocycles. The topological polar surface area (TPSA) is 17.1 Å². The van der Waals surface area contributed by atoms with Crippen LogP contribution in [0.1, 0.15) is 20.3 Å². The van der Waals surface area contributed by atoms with Gasteiger partial charge in [0.25, 0.3) is 0 Å². The zero-order valence-corrected chi connectivity index (χ0v) is 6.00. The van der Waals surface area contributed by atoms with E-state index >= 15 is 0 Å². The molecule has 0 heterocycles. The van der Waals surface area contributed by atoms with Gasteiger partial charge in [-0.15, -0.1) is 0 Å². The molecule has 5 heteroatoms. The van der Waals surface area contributed by atoms with E-state index in [-0.39, 0.29) is 6.49 Å². The molecule has 0 spiro atoms. The molecule has 1 radical (unpaired) electrons. The Bertz CT molecular complexity index is 96.7. The average molecular weight is 116 g/mol. The molecule has 0 aliphatic carbocycles. The van der Waals surface area contributed by atoms with Crippen molar-refractivity contribution < 1.29 is 4.70 Å². The Morgan fingerprint density at radius 1 is 1.78 bits per heavy atom. The normalized spacial score (nSPS) is 11.2. The van der Waals surface area contributed by atoms with E-state index in [0.717, 1.165) is 13.5 Å². The van der Waals surface area contributed by atoms with Gasteiger partial charge in [-0.1, -0.05) is 0 Å². The van der Waals surface area contributed by atoms with Crippen molar-refractivity contribution in [3.8, 4) is 0 Å². The summed E-state index contributed by atoms with van der Waals surface area (Å²) in [5.74, 6) is 0.382. The zero-order chi connectivity index (χ0) is 7.28. The van der Waals surface area contributed by atoms with Crippen molar-refractivity contribution in [3.05, 3.63) is 0 Å². The fourth-order valence-corrected chi connectivity index (χ4v) is 0.641. The van der Waals surface area contributed by atoms with Crippen molar-refractivity contribution >= 4 is 27.6 Å². The first-order chi connectivity index (χ1) is 4.26. The second-order valence-corrected chi connectivity index (χ2v) is 2.29. The van der Waals surface area contributed by atoms with E-state index < -0.39 is 0 Å². The number of hydrogen-bond acceptors (Lipinski definition) is 1. The van der Waals surface area contributed by atoms with Gasteiger partial charge in [0, 0.05) is 0 Å². The number of hydrogen-bond donors (Lipinski definition) is 0. The zero-order valence-electron chi connectivity index (χ0n) is 6.00. The summed E-state index contributed by atoms with van der Waals surface area (Å²) in [6.45, 7) is 5.46. The number of rotatable bonds is 4. The van der Waals surface area contributed by atoms with E-state index in [2.05, 4.69) is 0 Å². The van der Waals surface area contributed by atoms with Gasteiger partial charge in [-0.3, -0.25) is 0 Å². The summed E-state index contributed by atoms with van der Waals surface area (Å²) in [5.41, 5.74) is 0. The third kappa shape index (κ3) is 2.92. The van der Waals surface area contributed by atoms with Crippen molar-refractivity contribution in [1.82, 2.24) is 0 Å². The molecule has 0 saturated heterocycles. The molecular formula is C4H9B4O. The molecule has 0 amide bonds. The molecule has 0 aliphatic heterocycles. The molecule has 0 rings (SSSR count). The van der Waals surface area contributed by atoms with Crippen molar-refractivity contribution in [2.24, 2.45) is 0 Å². The Hall–Kier alpha value is 0.0597. The molecule has 1 unspecified atom stereocenters. The van der Waals surface area contributed by atoms with Gasteiger partial charge in [0.2, 0.25) is 0 Å². The van der Waals surface area contributed by atoms with E-state index in [1.54, 1.807) is 0 Å². The molecule has 0 aromatic rings. The molecule has 0 aromatic carbocycles. The third-order valence-electron chi connectivity index (χ3n) is 1.68. The molecule has 0 aromatic heterocycles. The molecule has 9 heavy (non-hydrogen) atoms. The monoisotopic (exact) mass is 117 g/mol. The summed E-state index contributed by atoms with van der Waals surface area (Å²) in [7, 11) is 6.10. The van der Waals surface area contributed by atoms with Crippen LogP contribution in [0.4, 0.5) is 0 Å². The Morgan fingerprint density at radius 3 is 2.44 bits per heavy atom. The Morgan fingerprint density at radius 2 is 2.33 bits per heavy atom. The first-order valence-electron chi connectivity index (χ1n) is 3.26. The van der Waals surface area contributed by atoms with Crippen LogP contribution < -0.4 is 0 Å². The van der Waals surface area contributed by atoms with Gasteiger partial charge in [-0.25, -0.2) is 0 Å². The van der Waals surface area contributed by atoms with Crippen molar-refractivity contribution in [2.45, 2.75) is 26.1 Å². The van der Waals surface area contributed by atoms with Crippen LogP contribution in [0.3, 0.4) is 0 Å². The second-order valence-electron chi connectivity index (χ2n) is 2.29. The summed E-state index contributed by atoms with van der Waals surface area (Å²) in [5, 5.41) is 0. The summed E-state index contributed by atoms with van der Waals surface area (Å²) >= 11 is 0. The summed E-state index contributed by atoms with van der Waals surface area (Å²) in [4.78, 5) is 0. The van der Waals surface area contributed by atoms with E-state index in [0.29, 0.717) is 5.82 Å². The van der Waals surface area contributed by atoms with Crippen LogP contribution in [0.5, 0.6) is 0 Å². The van der Waals surface area contributed by atoms with Crippen LogP contribution in [-0.2, 0) is 4.70 Å². The Balaban J connectivity index is 3.77. The molecule has 0 N–H and O–H groups in total. The van der Waals surface area contributed by atoms with Crippen molar-refractivity contribution in [2.75, 3.05) is 0 Å². The predicted octanol–water partition coefficient (Wildman–Crippen LogP) is 0.112. The van der Waals surface area contributed by atoms with Crippen LogP contribution in [0.2, 0.25) is 5.82 Å². The fourth-order valence-electron chi connectivity index (χ4n) is 0.641. The van der Waals surface area contributed by atoms with E-state index in [1.165, 1.54) is 6.69 Å². The predicted molar refractivity (Wildman–Crippen MR) is 43.4 cm³/mol. The first-order valence-corrected chi connectivity index (χ1v) is 3.26. The van der Waals surface area contributed by atoms with E-state index in [1.807, 2.05) is 13.8 Å². The second kappa shape index (κ2) is 4.89. The van der Waals surface area contributed by atoms with E-state index in [9.17, 15) is 4.70 Å². The third-order valence-corrected chi connectivity index (χ3v) is 1.68. The molecule has 43 valence electrons. The molecular weight excluding hydrogens is 107 g/mol. The van der Waals surface area contributed by atoms with Crippen LogP contribution in [-0.4, -0.2) is 27.6 Å². The molecule has 1 nitrogen and oxygen atoms in total. The van der Waals surface area contributed by atoms with Gasteiger partial charge in [-0.05, 0) is 0 Å². The van der Waals surface area contributed by atoms with Crippen LogP contribution in [0.25, 0.3) is 0 Å². The SMILES string of the molecule is [B]=BB(B=O)C(C)CC. The standard InChI is InChI=1S/C4H9B4O/c1-3-4(2)8(6-5)7-9/h4H,3H2,1-2H3. The van der Waals surface area contributed by atoms with Crippen LogP contribution in [0.15, 0.2) is 0 Å². The summed E-state index contributed by atoms with van der Waals surface area (Å²) in [6.07, 6.45) is 0.997. The quantitative estimate of drug-likeness (QED) is 0.477. The van der Waals surface area contributed by atoms with Gasteiger partial charge in [0.1, 0.15) is 0 Å². The first kappa shape index (κ1) is 9.06. The average Bonchev–Trinajstić information content (AvgIpc) is 1.90. The Kier molecular flexibility index (Phi) is 4.93. The molecule has 1 atom stereocenters. The fraction of sp³-hybridized carbons (Fsp3) is 1.00. The van der Waals surface area contributed by atoms with Gasteiger partial charge in [0.15, 0.2) is 0 Å². The van der Waals surface area contributed by atoms with Crippen LogP contribution in [0, 0.1) is 0 Å². The van der Waals surface area contributed by atoms with Crippen molar-refractivity contribution in [1.29, 1.82) is 0 Å². The van der Waals surface area contributed by atoms with Gasteiger partial charge >= 0.3 is 58.4 Å². The molecule has 0 aliphatic rings. The minimum absolute atomic E-state index is 0.0602. The van der Waals surface area contributed by atoms with E-state index in [4.69, 9.17) is 7.37 Å². The maximum atomic E-state index is 10.2. The maximum absolute atomic E-state index is 10.2. The summed E-state index contributed by atoms with van der Waals surface area (Å²) < 4.78 is 10.2. The van der Waals surface area contributed by atoms with Gasteiger partial charge < -0.3 is 0 Å². The molecule has 0 bridgehead atoms. The van der Waals surface area contributed by atoms with Gasteiger partial charge in [-0.2, -0.15) is 0 Å². The van der Waals surface area contributed by atoms with Gasteiger partial charge in [0.05, 0.1) is 0 Å². The van der Waals surface area contributed by atoms with Crippen molar-refractivity contribution in [3.63, 3.8) is 0 Å². The van der Waals surface area contributed by atoms with Crippen LogP contribution >= 0.6 is 0 Å².